The zero-order chi connectivity index (χ0) is 21.8. The molecule has 166 valence electrons. The first kappa shape index (κ1) is 21.9. The maximum absolute atomic E-state index is 12.5. The summed E-state index contributed by atoms with van der Waals surface area (Å²) in [4.78, 5) is 18.3. The van der Waals surface area contributed by atoms with Gasteiger partial charge in [-0.3, -0.25) is 0 Å². The molecule has 1 aromatic carbocycles. The lowest BCUT2D eigenvalue weighted by molar-refractivity contribution is 0.0601. The lowest BCUT2D eigenvalue weighted by Gasteiger charge is -2.37. The molecule has 1 aliphatic heterocycles. The molecule has 2 aliphatic rings. The molecule has 0 unspecified atom stereocenters. The van der Waals surface area contributed by atoms with Crippen LogP contribution in [0.15, 0.2) is 24.3 Å². The van der Waals surface area contributed by atoms with Gasteiger partial charge in [0.1, 0.15) is 10.8 Å². The van der Waals surface area contributed by atoms with Gasteiger partial charge in [0.25, 0.3) is 0 Å². The molecule has 0 bridgehead atoms. The Kier molecular flexibility index (Phi) is 6.97. The van der Waals surface area contributed by atoms with Crippen LogP contribution in [0, 0.1) is 0 Å². The summed E-state index contributed by atoms with van der Waals surface area (Å²) in [5.41, 5.74) is 2.95. The van der Waals surface area contributed by atoms with E-state index in [1.54, 1.807) is 11.3 Å². The standard InChI is InChI=1S/C23H29N3O3S2/c1-3-29-18-10-6-5-9-17(18)25-12-14-26(15-13-25)23(30)24-21-20(22(27)28-2)16-8-4-7-11-19(16)31-21/h5-6,9-10H,3-4,7-8,11-15H2,1-2H3,(H,24,30). The fraction of sp³-hybridized carbons (Fsp3) is 0.478. The molecule has 31 heavy (non-hydrogen) atoms. The highest BCUT2D eigenvalue weighted by molar-refractivity contribution is 7.80. The van der Waals surface area contributed by atoms with Gasteiger partial charge in [0, 0.05) is 31.1 Å². The molecule has 0 radical (unpaired) electrons. The van der Waals surface area contributed by atoms with Crippen molar-refractivity contribution in [3.8, 4) is 5.75 Å². The van der Waals surface area contributed by atoms with Gasteiger partial charge in [-0.05, 0) is 62.5 Å². The van der Waals surface area contributed by atoms with Crippen LogP contribution < -0.4 is 15.0 Å². The first-order valence-electron chi connectivity index (χ1n) is 10.9. The minimum atomic E-state index is -0.276. The number of thiocarbonyl (C=S) groups is 1. The van der Waals surface area contributed by atoms with Gasteiger partial charge >= 0.3 is 5.97 Å². The summed E-state index contributed by atoms with van der Waals surface area (Å²) >= 11 is 7.38. The lowest BCUT2D eigenvalue weighted by Crippen LogP contribution is -2.50. The number of rotatable bonds is 5. The number of piperazine rings is 1. The number of anilines is 2. The molecule has 1 fully saturated rings. The number of thiophene rings is 1. The van der Waals surface area contributed by atoms with Crippen LogP contribution in [-0.4, -0.2) is 55.9 Å². The zero-order valence-corrected chi connectivity index (χ0v) is 19.7. The van der Waals surface area contributed by atoms with Crippen LogP contribution >= 0.6 is 23.6 Å². The Labute approximate surface area is 193 Å². The van der Waals surface area contributed by atoms with Gasteiger partial charge in [0.2, 0.25) is 0 Å². The Morgan fingerprint density at radius 3 is 2.65 bits per heavy atom. The van der Waals surface area contributed by atoms with Crippen molar-refractivity contribution in [2.45, 2.75) is 32.6 Å². The van der Waals surface area contributed by atoms with E-state index in [1.165, 1.54) is 18.4 Å². The van der Waals surface area contributed by atoms with Crippen LogP contribution in [0.2, 0.25) is 0 Å². The normalized spacial score (nSPS) is 15.9. The third kappa shape index (κ3) is 4.65. The number of benzene rings is 1. The summed E-state index contributed by atoms with van der Waals surface area (Å²) < 4.78 is 10.9. The van der Waals surface area contributed by atoms with Crippen LogP contribution in [0.5, 0.6) is 5.75 Å². The Balaban J connectivity index is 1.43. The molecular formula is C23H29N3O3S2. The van der Waals surface area contributed by atoms with Crippen molar-refractivity contribution >= 4 is 45.3 Å². The topological polar surface area (TPSA) is 54.0 Å². The van der Waals surface area contributed by atoms with E-state index in [0.29, 0.717) is 17.3 Å². The van der Waals surface area contributed by atoms with Gasteiger partial charge in [-0.15, -0.1) is 11.3 Å². The van der Waals surface area contributed by atoms with Crippen LogP contribution in [0.25, 0.3) is 0 Å². The Hall–Kier alpha value is -2.32. The number of carbonyl (C=O) groups is 1. The summed E-state index contributed by atoms with van der Waals surface area (Å²) in [5.74, 6) is 0.646. The largest absolute Gasteiger partial charge is 0.492 e. The average Bonchev–Trinajstić information content (AvgIpc) is 3.17. The number of esters is 1. The second kappa shape index (κ2) is 9.87. The number of carbonyl (C=O) groups excluding carboxylic acids is 1. The number of ether oxygens (including phenoxy) is 2. The molecule has 1 aromatic heterocycles. The number of nitrogens with zero attached hydrogens (tertiary/aromatic N) is 2. The van der Waals surface area contributed by atoms with E-state index in [-0.39, 0.29) is 5.97 Å². The molecule has 1 saturated heterocycles. The second-order valence-electron chi connectivity index (χ2n) is 7.71. The van der Waals surface area contributed by atoms with E-state index in [0.717, 1.165) is 67.4 Å². The molecule has 1 N–H and O–H groups in total. The molecule has 0 amide bonds. The van der Waals surface area contributed by atoms with Crippen molar-refractivity contribution < 1.29 is 14.3 Å². The fourth-order valence-electron chi connectivity index (χ4n) is 4.29. The molecule has 8 heteroatoms. The molecule has 6 nitrogen and oxygen atoms in total. The number of nitrogens with one attached hydrogen (secondary N) is 1. The maximum atomic E-state index is 12.5. The van der Waals surface area contributed by atoms with E-state index in [4.69, 9.17) is 21.7 Å². The number of aryl methyl sites for hydroxylation is 1. The highest BCUT2D eigenvalue weighted by Crippen LogP contribution is 2.38. The van der Waals surface area contributed by atoms with Crippen molar-refractivity contribution in [2.75, 3.05) is 50.1 Å². The fourth-order valence-corrected chi connectivity index (χ4v) is 5.92. The Morgan fingerprint density at radius 1 is 1.16 bits per heavy atom. The van der Waals surface area contributed by atoms with Gasteiger partial charge in [0.05, 0.1) is 25.0 Å². The highest BCUT2D eigenvalue weighted by atomic mass is 32.1. The molecule has 0 saturated carbocycles. The Morgan fingerprint density at radius 2 is 1.90 bits per heavy atom. The first-order valence-corrected chi connectivity index (χ1v) is 12.1. The second-order valence-corrected chi connectivity index (χ2v) is 9.20. The van der Waals surface area contributed by atoms with E-state index in [9.17, 15) is 4.79 Å². The van der Waals surface area contributed by atoms with Crippen molar-refractivity contribution in [1.82, 2.24) is 4.90 Å². The minimum absolute atomic E-state index is 0.276. The molecule has 4 rings (SSSR count). The van der Waals surface area contributed by atoms with Crippen LogP contribution in [0.3, 0.4) is 0 Å². The van der Waals surface area contributed by atoms with Gasteiger partial charge in [0.15, 0.2) is 5.11 Å². The Bertz CT molecular complexity index is 952. The summed E-state index contributed by atoms with van der Waals surface area (Å²) in [6.07, 6.45) is 4.24. The van der Waals surface area contributed by atoms with E-state index in [2.05, 4.69) is 21.2 Å². The average molecular weight is 460 g/mol. The summed E-state index contributed by atoms with van der Waals surface area (Å²) in [7, 11) is 1.44. The summed E-state index contributed by atoms with van der Waals surface area (Å²) in [6.45, 7) is 5.99. The number of fused-ring (bicyclic) bond motifs is 1. The zero-order valence-electron chi connectivity index (χ0n) is 18.1. The van der Waals surface area contributed by atoms with E-state index >= 15 is 0 Å². The van der Waals surface area contributed by atoms with Gasteiger partial charge in [-0.2, -0.15) is 0 Å². The number of methoxy groups -OCH3 is 1. The van der Waals surface area contributed by atoms with E-state index < -0.39 is 0 Å². The lowest BCUT2D eigenvalue weighted by atomic mass is 9.95. The van der Waals surface area contributed by atoms with Crippen molar-refractivity contribution in [1.29, 1.82) is 0 Å². The molecule has 0 atom stereocenters. The monoisotopic (exact) mass is 459 g/mol. The number of hydrogen-bond donors (Lipinski definition) is 1. The van der Waals surface area contributed by atoms with Crippen molar-refractivity contribution in [3.63, 3.8) is 0 Å². The smallest absolute Gasteiger partial charge is 0.341 e. The van der Waals surface area contributed by atoms with Crippen molar-refractivity contribution in [2.24, 2.45) is 0 Å². The molecule has 0 spiro atoms. The third-order valence-electron chi connectivity index (χ3n) is 5.85. The predicted octanol–water partition coefficient (Wildman–Crippen LogP) is 4.33. The predicted molar refractivity (Wildman–Crippen MR) is 130 cm³/mol. The highest BCUT2D eigenvalue weighted by Gasteiger charge is 2.28. The number of hydrogen-bond acceptors (Lipinski definition) is 6. The van der Waals surface area contributed by atoms with Crippen LogP contribution in [0.4, 0.5) is 10.7 Å². The third-order valence-corrected chi connectivity index (χ3v) is 7.42. The molecular weight excluding hydrogens is 430 g/mol. The minimum Gasteiger partial charge on any atom is -0.492 e. The quantitative estimate of drug-likeness (QED) is 0.528. The maximum Gasteiger partial charge on any atom is 0.341 e. The molecule has 1 aliphatic carbocycles. The first-order chi connectivity index (χ1) is 15.1. The molecule has 2 aromatic rings. The molecule has 2 heterocycles. The van der Waals surface area contributed by atoms with Crippen LogP contribution in [0.1, 0.15) is 40.6 Å². The van der Waals surface area contributed by atoms with Crippen LogP contribution in [-0.2, 0) is 17.6 Å². The van der Waals surface area contributed by atoms with Gasteiger partial charge in [-0.25, -0.2) is 4.79 Å². The van der Waals surface area contributed by atoms with Gasteiger partial charge < -0.3 is 24.6 Å². The van der Waals surface area contributed by atoms with Crippen molar-refractivity contribution in [3.05, 3.63) is 40.3 Å². The summed E-state index contributed by atoms with van der Waals surface area (Å²) in [5, 5.41) is 4.87. The SMILES string of the molecule is CCOc1ccccc1N1CCN(C(=S)Nc2sc3c(c2C(=O)OC)CCCC3)CC1. The van der Waals surface area contributed by atoms with E-state index in [1.807, 2.05) is 25.1 Å². The number of para-hydroxylation sites is 2. The van der Waals surface area contributed by atoms with Gasteiger partial charge in [-0.1, -0.05) is 12.1 Å². The summed E-state index contributed by atoms with van der Waals surface area (Å²) in [6, 6.07) is 8.17.